The Morgan fingerprint density at radius 2 is 2.08 bits per heavy atom. The molecule has 0 saturated carbocycles. The molecule has 1 aromatic rings. The minimum absolute atomic E-state index is 0.0530. The van der Waals surface area contributed by atoms with Gasteiger partial charge in [0.1, 0.15) is 17.6 Å². The Balaban J connectivity index is 2.27. The fourth-order valence-electron chi connectivity index (χ4n) is 2.05. The lowest BCUT2D eigenvalue weighted by Crippen LogP contribution is -2.42. The fourth-order valence-corrected chi connectivity index (χ4v) is 2.74. The van der Waals surface area contributed by atoms with Crippen molar-refractivity contribution in [1.82, 2.24) is 15.6 Å². The Morgan fingerprint density at radius 1 is 1.36 bits per heavy atom. The lowest BCUT2D eigenvalue weighted by Gasteiger charge is -2.22. The normalized spacial score (nSPS) is 13.1. The maximum absolute atomic E-state index is 12.1. The monoisotopic (exact) mass is 371 g/mol. The Bertz CT molecular complexity index is 512. The molecule has 1 unspecified atom stereocenters. The summed E-state index contributed by atoms with van der Waals surface area (Å²) in [6, 6.07) is 0. The van der Waals surface area contributed by atoms with E-state index in [1.165, 1.54) is 24.0 Å². The van der Waals surface area contributed by atoms with Crippen LogP contribution in [0.15, 0.2) is 6.20 Å². The summed E-state index contributed by atoms with van der Waals surface area (Å²) in [5.74, 6) is 0.581. The molecule has 0 bridgehead atoms. The molecule has 0 spiro atoms. The van der Waals surface area contributed by atoms with Gasteiger partial charge in [-0.15, -0.1) is 0 Å². The van der Waals surface area contributed by atoms with Crippen molar-refractivity contribution >= 4 is 17.2 Å². The van der Waals surface area contributed by atoms with Crippen LogP contribution < -0.4 is 15.4 Å². The number of unbranched alkanes of at least 4 members (excludes halogenated alkanes) is 1. The number of nitrogens with zero attached hydrogens (tertiary/aromatic N) is 1. The molecular formula is C18H33N3O3S. The number of β-amino-alcohol motifs (C(OH)–C–C–N with tert-alkyl or cyclic N) is 1. The van der Waals surface area contributed by atoms with Gasteiger partial charge in [0.25, 0.3) is 11.1 Å². The third-order valence-electron chi connectivity index (χ3n) is 3.47. The number of aromatic nitrogens is 1. The average Bonchev–Trinajstić information content (AvgIpc) is 2.98. The number of carbonyl (C=O) groups excluding carboxylic acids is 1. The summed E-state index contributed by atoms with van der Waals surface area (Å²) in [5.41, 5.74) is -0.0530. The second kappa shape index (κ2) is 10.7. The molecule has 6 nitrogen and oxygen atoms in total. The third kappa shape index (κ3) is 10.4. The van der Waals surface area contributed by atoms with E-state index in [4.69, 9.17) is 4.74 Å². The summed E-state index contributed by atoms with van der Waals surface area (Å²) in [6.45, 7) is 11.8. The first-order chi connectivity index (χ1) is 11.7. The Kier molecular flexibility index (Phi) is 9.38. The van der Waals surface area contributed by atoms with Crippen LogP contribution in [0.5, 0.6) is 5.19 Å². The maximum atomic E-state index is 12.1. The fraction of sp³-hybridized carbons (Fsp3) is 0.778. The van der Waals surface area contributed by atoms with Crippen molar-refractivity contribution < 1.29 is 14.6 Å². The van der Waals surface area contributed by atoms with E-state index in [1.54, 1.807) is 0 Å². The topological polar surface area (TPSA) is 83.5 Å². The molecule has 7 heteroatoms. The van der Waals surface area contributed by atoms with Crippen LogP contribution in [0.25, 0.3) is 0 Å². The highest BCUT2D eigenvalue weighted by molar-refractivity contribution is 7.15. The van der Waals surface area contributed by atoms with E-state index in [0.717, 1.165) is 12.8 Å². The molecular weight excluding hydrogens is 338 g/mol. The summed E-state index contributed by atoms with van der Waals surface area (Å²) in [4.78, 5) is 16.7. The number of hydrogen-bond acceptors (Lipinski definition) is 6. The van der Waals surface area contributed by atoms with Crippen molar-refractivity contribution in [2.24, 2.45) is 5.92 Å². The van der Waals surface area contributed by atoms with Crippen LogP contribution in [0.1, 0.15) is 63.6 Å². The zero-order valence-corrected chi connectivity index (χ0v) is 16.9. The number of aliphatic hydroxyl groups is 1. The standard InChI is InChI=1S/C18H33N3O3S/c1-13(2)8-6-7-9-19-16(23)15-11-20-17(25-15)24-12-14(22)10-21-18(3,4)5/h11,13-14,21-22H,6-10,12H2,1-5H3,(H,19,23). The van der Waals surface area contributed by atoms with Crippen LogP contribution in [0.3, 0.4) is 0 Å². The SMILES string of the molecule is CC(C)CCCCNC(=O)c1cnc(OCC(O)CNC(C)(C)C)s1. The van der Waals surface area contributed by atoms with Crippen LogP contribution >= 0.6 is 11.3 Å². The van der Waals surface area contributed by atoms with Gasteiger partial charge in [-0.3, -0.25) is 4.79 Å². The number of carbonyl (C=O) groups is 1. The van der Waals surface area contributed by atoms with E-state index >= 15 is 0 Å². The zero-order chi connectivity index (χ0) is 18.9. The largest absolute Gasteiger partial charge is 0.467 e. The molecule has 1 rings (SSSR count). The van der Waals surface area contributed by atoms with Crippen LogP contribution in [-0.2, 0) is 0 Å². The van der Waals surface area contributed by atoms with Crippen molar-refractivity contribution in [1.29, 1.82) is 0 Å². The lowest BCUT2D eigenvalue weighted by atomic mass is 10.1. The molecule has 0 aromatic carbocycles. The number of rotatable bonds is 11. The van der Waals surface area contributed by atoms with E-state index in [1.807, 2.05) is 20.8 Å². The Hall–Kier alpha value is -1.18. The van der Waals surface area contributed by atoms with Gasteiger partial charge in [0.2, 0.25) is 0 Å². The van der Waals surface area contributed by atoms with Crippen molar-refractivity contribution in [2.75, 3.05) is 19.7 Å². The van der Waals surface area contributed by atoms with E-state index in [-0.39, 0.29) is 18.1 Å². The van der Waals surface area contributed by atoms with Crippen LogP contribution in [-0.4, -0.2) is 47.3 Å². The van der Waals surface area contributed by atoms with Crippen molar-refractivity contribution in [3.05, 3.63) is 11.1 Å². The molecule has 0 aliphatic carbocycles. The van der Waals surface area contributed by atoms with E-state index in [2.05, 4.69) is 29.5 Å². The van der Waals surface area contributed by atoms with Gasteiger partial charge in [-0.1, -0.05) is 38.0 Å². The number of thiazole rings is 1. The van der Waals surface area contributed by atoms with Gasteiger partial charge in [-0.2, -0.15) is 0 Å². The summed E-state index contributed by atoms with van der Waals surface area (Å²) >= 11 is 1.20. The second-order valence-electron chi connectivity index (χ2n) is 7.73. The second-order valence-corrected chi connectivity index (χ2v) is 8.72. The number of ether oxygens (including phenoxy) is 1. The molecule has 144 valence electrons. The predicted molar refractivity (Wildman–Crippen MR) is 102 cm³/mol. The molecule has 0 aliphatic rings. The van der Waals surface area contributed by atoms with Crippen molar-refractivity contribution in [3.63, 3.8) is 0 Å². The van der Waals surface area contributed by atoms with Gasteiger partial charge >= 0.3 is 0 Å². The van der Waals surface area contributed by atoms with Gasteiger partial charge in [-0.05, 0) is 33.1 Å². The first kappa shape index (κ1) is 21.9. The molecule has 0 saturated heterocycles. The molecule has 1 atom stereocenters. The summed E-state index contributed by atoms with van der Waals surface area (Å²) in [6.07, 6.45) is 4.18. The zero-order valence-electron chi connectivity index (χ0n) is 16.1. The molecule has 25 heavy (non-hydrogen) atoms. The third-order valence-corrected chi connectivity index (χ3v) is 4.38. The number of aliphatic hydroxyl groups excluding tert-OH is 1. The van der Waals surface area contributed by atoms with Gasteiger partial charge < -0.3 is 20.5 Å². The first-order valence-electron chi connectivity index (χ1n) is 8.97. The smallest absolute Gasteiger partial charge is 0.273 e. The van der Waals surface area contributed by atoms with E-state index in [0.29, 0.717) is 29.1 Å². The van der Waals surface area contributed by atoms with Gasteiger partial charge in [0.05, 0.1) is 6.20 Å². The molecule has 0 radical (unpaired) electrons. The van der Waals surface area contributed by atoms with E-state index < -0.39 is 6.10 Å². The number of hydrogen-bond donors (Lipinski definition) is 3. The first-order valence-corrected chi connectivity index (χ1v) is 9.79. The Morgan fingerprint density at radius 3 is 2.72 bits per heavy atom. The molecule has 1 heterocycles. The van der Waals surface area contributed by atoms with Crippen LogP contribution in [0.4, 0.5) is 0 Å². The predicted octanol–water partition coefficient (Wildman–Crippen LogP) is 2.83. The van der Waals surface area contributed by atoms with Crippen molar-refractivity contribution in [3.8, 4) is 5.19 Å². The summed E-state index contributed by atoms with van der Waals surface area (Å²) in [7, 11) is 0. The number of nitrogens with one attached hydrogen (secondary N) is 2. The molecule has 0 fully saturated rings. The van der Waals surface area contributed by atoms with Gasteiger partial charge in [0.15, 0.2) is 0 Å². The van der Waals surface area contributed by atoms with Gasteiger partial charge in [-0.25, -0.2) is 4.98 Å². The minimum Gasteiger partial charge on any atom is -0.467 e. The molecule has 1 amide bonds. The lowest BCUT2D eigenvalue weighted by molar-refractivity contribution is 0.0956. The summed E-state index contributed by atoms with van der Waals surface area (Å²) in [5, 5.41) is 16.4. The quantitative estimate of drug-likeness (QED) is 0.521. The van der Waals surface area contributed by atoms with Gasteiger partial charge in [0, 0.05) is 18.6 Å². The van der Waals surface area contributed by atoms with Crippen LogP contribution in [0.2, 0.25) is 0 Å². The molecule has 3 N–H and O–H groups in total. The molecule has 0 aliphatic heterocycles. The Labute approximate surface area is 155 Å². The molecule has 1 aromatic heterocycles. The maximum Gasteiger partial charge on any atom is 0.273 e. The minimum atomic E-state index is -0.624. The highest BCUT2D eigenvalue weighted by Crippen LogP contribution is 2.20. The highest BCUT2D eigenvalue weighted by Gasteiger charge is 2.15. The number of amides is 1. The highest BCUT2D eigenvalue weighted by atomic mass is 32.1. The van der Waals surface area contributed by atoms with Crippen LogP contribution in [0, 0.1) is 5.92 Å². The summed E-state index contributed by atoms with van der Waals surface area (Å²) < 4.78 is 5.47. The van der Waals surface area contributed by atoms with Crippen molar-refractivity contribution in [2.45, 2.75) is 65.5 Å². The average molecular weight is 372 g/mol. The van der Waals surface area contributed by atoms with E-state index in [9.17, 15) is 9.90 Å².